The van der Waals surface area contributed by atoms with Gasteiger partial charge in [-0.3, -0.25) is 4.79 Å². The van der Waals surface area contributed by atoms with Gasteiger partial charge in [-0.05, 0) is 25.2 Å². The summed E-state index contributed by atoms with van der Waals surface area (Å²) < 4.78 is 0. The average Bonchev–Trinajstić information content (AvgIpc) is 2.35. The van der Waals surface area contributed by atoms with Crippen LogP contribution in [0.1, 0.15) is 52.4 Å². The van der Waals surface area contributed by atoms with E-state index in [0.717, 1.165) is 38.6 Å². The molecule has 0 radical (unpaired) electrons. The first kappa shape index (κ1) is 14.5. The smallest absolute Gasteiger partial charge is 0.229 e. The van der Waals surface area contributed by atoms with E-state index in [1.54, 1.807) is 0 Å². The monoisotopic (exact) mass is 240 g/mol. The molecule has 0 spiro atoms. The van der Waals surface area contributed by atoms with Crippen LogP contribution in [0.3, 0.4) is 0 Å². The van der Waals surface area contributed by atoms with Crippen LogP contribution >= 0.6 is 0 Å². The molecule has 0 aromatic heterocycles. The summed E-state index contributed by atoms with van der Waals surface area (Å²) in [5.74, 6) is 0.922. The topological polar surface area (TPSA) is 46.3 Å². The van der Waals surface area contributed by atoms with Crippen LogP contribution in [0.5, 0.6) is 0 Å². The van der Waals surface area contributed by atoms with E-state index >= 15 is 0 Å². The lowest BCUT2D eigenvalue weighted by molar-refractivity contribution is -0.142. The van der Waals surface area contributed by atoms with Crippen molar-refractivity contribution in [2.75, 3.05) is 20.1 Å². The molecule has 1 saturated carbocycles. The van der Waals surface area contributed by atoms with Crippen LogP contribution in [0.25, 0.3) is 0 Å². The standard InChI is InChI=1S/C14H28N2O/c1-12(2)7-10-16(3)13(17)14(11-15)8-5-4-6-9-14/h12H,4-11,15H2,1-3H3. The number of nitrogens with zero attached hydrogens (tertiary/aromatic N) is 1. The first-order valence-corrected chi connectivity index (χ1v) is 6.97. The molecular formula is C14H28N2O. The van der Waals surface area contributed by atoms with Crippen LogP contribution in [-0.2, 0) is 4.79 Å². The SMILES string of the molecule is CC(C)CCN(C)C(=O)C1(CN)CCCCC1. The zero-order chi connectivity index (χ0) is 12.9. The number of rotatable bonds is 5. The van der Waals surface area contributed by atoms with Crippen molar-refractivity contribution in [1.29, 1.82) is 0 Å². The quantitative estimate of drug-likeness (QED) is 0.802. The first-order valence-electron chi connectivity index (χ1n) is 6.97. The van der Waals surface area contributed by atoms with Crippen molar-refractivity contribution >= 4 is 5.91 Å². The van der Waals surface area contributed by atoms with E-state index in [0.29, 0.717) is 12.5 Å². The van der Waals surface area contributed by atoms with Gasteiger partial charge in [0.1, 0.15) is 0 Å². The molecule has 0 aromatic carbocycles. The Morgan fingerprint density at radius 2 is 1.88 bits per heavy atom. The minimum absolute atomic E-state index is 0.246. The highest BCUT2D eigenvalue weighted by Gasteiger charge is 2.39. The molecule has 1 aliphatic carbocycles. The van der Waals surface area contributed by atoms with Crippen molar-refractivity contribution in [3.63, 3.8) is 0 Å². The highest BCUT2D eigenvalue weighted by Crippen LogP contribution is 2.36. The number of hydrogen-bond donors (Lipinski definition) is 1. The van der Waals surface area contributed by atoms with Crippen molar-refractivity contribution in [2.24, 2.45) is 17.1 Å². The van der Waals surface area contributed by atoms with Crippen molar-refractivity contribution < 1.29 is 4.79 Å². The molecule has 0 heterocycles. The Hall–Kier alpha value is -0.570. The summed E-state index contributed by atoms with van der Waals surface area (Å²) in [6, 6.07) is 0. The number of amides is 1. The maximum absolute atomic E-state index is 12.5. The van der Waals surface area contributed by atoms with E-state index in [1.165, 1.54) is 6.42 Å². The van der Waals surface area contributed by atoms with Crippen LogP contribution in [-0.4, -0.2) is 30.9 Å². The Morgan fingerprint density at radius 3 is 2.35 bits per heavy atom. The number of hydrogen-bond acceptors (Lipinski definition) is 2. The summed E-state index contributed by atoms with van der Waals surface area (Å²) in [5.41, 5.74) is 5.64. The minimum atomic E-state index is -0.246. The van der Waals surface area contributed by atoms with E-state index in [4.69, 9.17) is 5.73 Å². The normalized spacial score (nSPS) is 19.4. The lowest BCUT2D eigenvalue weighted by atomic mass is 9.73. The molecule has 3 nitrogen and oxygen atoms in total. The molecule has 1 fully saturated rings. The molecule has 1 aliphatic rings. The van der Waals surface area contributed by atoms with E-state index in [-0.39, 0.29) is 11.3 Å². The van der Waals surface area contributed by atoms with E-state index in [2.05, 4.69) is 13.8 Å². The average molecular weight is 240 g/mol. The summed E-state index contributed by atoms with van der Waals surface area (Å²) in [5, 5.41) is 0. The molecule has 1 amide bonds. The minimum Gasteiger partial charge on any atom is -0.345 e. The molecule has 17 heavy (non-hydrogen) atoms. The fourth-order valence-electron chi connectivity index (χ4n) is 2.69. The molecule has 100 valence electrons. The van der Waals surface area contributed by atoms with Crippen LogP contribution in [0.4, 0.5) is 0 Å². The molecule has 0 saturated heterocycles. The molecule has 1 rings (SSSR count). The molecule has 0 unspecified atom stereocenters. The van der Waals surface area contributed by atoms with Gasteiger partial charge >= 0.3 is 0 Å². The van der Waals surface area contributed by atoms with E-state index in [1.807, 2.05) is 11.9 Å². The Labute approximate surface area is 106 Å². The zero-order valence-electron chi connectivity index (χ0n) is 11.7. The summed E-state index contributed by atoms with van der Waals surface area (Å²) in [7, 11) is 1.93. The Morgan fingerprint density at radius 1 is 1.29 bits per heavy atom. The molecule has 0 atom stereocenters. The molecular weight excluding hydrogens is 212 g/mol. The predicted octanol–water partition coefficient (Wildman–Crippen LogP) is 2.40. The number of nitrogens with two attached hydrogens (primary N) is 1. The van der Waals surface area contributed by atoms with Crippen molar-refractivity contribution in [3.8, 4) is 0 Å². The van der Waals surface area contributed by atoms with Crippen LogP contribution < -0.4 is 5.73 Å². The van der Waals surface area contributed by atoms with Crippen LogP contribution in [0.2, 0.25) is 0 Å². The Bertz CT molecular complexity index is 245. The van der Waals surface area contributed by atoms with Gasteiger partial charge in [-0.2, -0.15) is 0 Å². The highest BCUT2D eigenvalue weighted by molar-refractivity contribution is 5.82. The third-order valence-electron chi connectivity index (χ3n) is 4.04. The molecule has 2 N–H and O–H groups in total. The summed E-state index contributed by atoms with van der Waals surface area (Å²) in [6.45, 7) is 5.76. The summed E-state index contributed by atoms with van der Waals surface area (Å²) in [6.07, 6.45) is 6.60. The van der Waals surface area contributed by atoms with E-state index in [9.17, 15) is 4.79 Å². The highest BCUT2D eigenvalue weighted by atomic mass is 16.2. The van der Waals surface area contributed by atoms with E-state index < -0.39 is 0 Å². The maximum Gasteiger partial charge on any atom is 0.229 e. The lowest BCUT2D eigenvalue weighted by Crippen LogP contribution is -2.48. The van der Waals surface area contributed by atoms with Gasteiger partial charge in [0, 0.05) is 20.1 Å². The molecule has 0 aromatic rings. The predicted molar refractivity (Wildman–Crippen MR) is 71.7 cm³/mol. The zero-order valence-corrected chi connectivity index (χ0v) is 11.7. The van der Waals surface area contributed by atoms with Gasteiger partial charge in [0.15, 0.2) is 0 Å². The number of carbonyl (C=O) groups excluding carboxylic acids is 1. The Balaban J connectivity index is 2.58. The first-order chi connectivity index (χ1) is 8.02. The molecule has 0 bridgehead atoms. The van der Waals surface area contributed by atoms with Gasteiger partial charge in [0.25, 0.3) is 0 Å². The van der Waals surface area contributed by atoms with Gasteiger partial charge < -0.3 is 10.6 Å². The second-order valence-electron chi connectivity index (χ2n) is 5.95. The largest absolute Gasteiger partial charge is 0.345 e. The molecule has 3 heteroatoms. The van der Waals surface area contributed by atoms with Crippen molar-refractivity contribution in [1.82, 2.24) is 4.90 Å². The van der Waals surface area contributed by atoms with Gasteiger partial charge in [-0.1, -0.05) is 33.1 Å². The second-order valence-corrected chi connectivity index (χ2v) is 5.95. The molecule has 0 aliphatic heterocycles. The van der Waals surface area contributed by atoms with Gasteiger partial charge in [-0.15, -0.1) is 0 Å². The third kappa shape index (κ3) is 3.70. The second kappa shape index (κ2) is 6.39. The van der Waals surface area contributed by atoms with Crippen molar-refractivity contribution in [2.45, 2.75) is 52.4 Å². The van der Waals surface area contributed by atoms with Crippen LogP contribution in [0, 0.1) is 11.3 Å². The van der Waals surface area contributed by atoms with Crippen molar-refractivity contribution in [3.05, 3.63) is 0 Å². The maximum atomic E-state index is 12.5. The fourth-order valence-corrected chi connectivity index (χ4v) is 2.69. The lowest BCUT2D eigenvalue weighted by Gasteiger charge is -2.38. The number of carbonyl (C=O) groups is 1. The van der Waals surface area contributed by atoms with Gasteiger partial charge in [0.05, 0.1) is 5.41 Å². The van der Waals surface area contributed by atoms with Crippen LogP contribution in [0.15, 0.2) is 0 Å². The fraction of sp³-hybridized carbons (Fsp3) is 0.929. The summed E-state index contributed by atoms with van der Waals surface area (Å²) >= 11 is 0. The van der Waals surface area contributed by atoms with Gasteiger partial charge in [-0.25, -0.2) is 0 Å². The van der Waals surface area contributed by atoms with Gasteiger partial charge in [0.2, 0.25) is 5.91 Å². The Kier molecular flexibility index (Phi) is 5.44. The summed E-state index contributed by atoms with van der Waals surface area (Å²) in [4.78, 5) is 14.4. The third-order valence-corrected chi connectivity index (χ3v) is 4.04.